The average Bonchev–Trinajstić information content (AvgIpc) is 2.73. The second-order valence-electron chi connectivity index (χ2n) is 3.25. The molecule has 0 amide bonds. The van der Waals surface area contributed by atoms with Crippen molar-refractivity contribution in [2.75, 3.05) is 11.1 Å². The summed E-state index contributed by atoms with van der Waals surface area (Å²) >= 11 is 1.62. The summed E-state index contributed by atoms with van der Waals surface area (Å²) < 4.78 is 0. The average molecular weight is 220 g/mol. The van der Waals surface area contributed by atoms with Gasteiger partial charge in [-0.25, -0.2) is 4.98 Å². The number of nitrogens with one attached hydrogen (secondary N) is 1. The van der Waals surface area contributed by atoms with Gasteiger partial charge in [0.05, 0.1) is 23.9 Å². The summed E-state index contributed by atoms with van der Waals surface area (Å²) in [4.78, 5) is 9.38. The lowest BCUT2D eigenvalue weighted by molar-refractivity contribution is 1.13. The molecule has 0 aromatic carbocycles. The van der Waals surface area contributed by atoms with Crippen molar-refractivity contribution < 1.29 is 0 Å². The molecule has 0 spiro atoms. The van der Waals surface area contributed by atoms with Crippen LogP contribution in [-0.4, -0.2) is 9.97 Å². The number of hydrogen-bond donors (Lipinski definition) is 2. The van der Waals surface area contributed by atoms with Crippen LogP contribution in [0.5, 0.6) is 0 Å². The SMILES string of the molecule is Cc1cc(NCc2cncs2)ncc1N. The molecule has 2 aromatic rings. The molecule has 0 bridgehead atoms. The van der Waals surface area contributed by atoms with E-state index in [4.69, 9.17) is 5.73 Å². The largest absolute Gasteiger partial charge is 0.397 e. The first-order valence-corrected chi connectivity index (χ1v) is 5.47. The van der Waals surface area contributed by atoms with E-state index < -0.39 is 0 Å². The molecule has 0 aliphatic heterocycles. The van der Waals surface area contributed by atoms with E-state index in [1.165, 1.54) is 4.88 Å². The maximum Gasteiger partial charge on any atom is 0.126 e. The fourth-order valence-corrected chi connectivity index (χ4v) is 1.70. The fraction of sp³-hybridized carbons (Fsp3) is 0.200. The molecule has 2 heterocycles. The molecule has 2 aromatic heterocycles. The maximum absolute atomic E-state index is 5.68. The Morgan fingerprint density at radius 2 is 2.33 bits per heavy atom. The van der Waals surface area contributed by atoms with Crippen LogP contribution in [-0.2, 0) is 6.54 Å². The van der Waals surface area contributed by atoms with Crippen molar-refractivity contribution in [2.45, 2.75) is 13.5 Å². The molecule has 0 radical (unpaired) electrons. The van der Waals surface area contributed by atoms with E-state index in [1.807, 2.05) is 24.7 Å². The molecule has 0 unspecified atom stereocenters. The number of nitrogens with two attached hydrogens (primary N) is 1. The lowest BCUT2D eigenvalue weighted by atomic mass is 10.2. The molecule has 0 fully saturated rings. The summed E-state index contributed by atoms with van der Waals surface area (Å²) in [5, 5.41) is 3.22. The van der Waals surface area contributed by atoms with Crippen molar-refractivity contribution in [3.8, 4) is 0 Å². The van der Waals surface area contributed by atoms with Crippen LogP contribution in [0.25, 0.3) is 0 Å². The second-order valence-corrected chi connectivity index (χ2v) is 4.22. The molecule has 2 rings (SSSR count). The standard InChI is InChI=1S/C10H12N4S/c1-7-2-10(14-5-9(7)11)13-4-8-3-12-6-15-8/h2-3,5-6H,4,11H2,1H3,(H,13,14). The van der Waals surface area contributed by atoms with E-state index in [0.717, 1.165) is 23.6 Å². The smallest absolute Gasteiger partial charge is 0.126 e. The molecule has 0 atom stereocenters. The molecule has 0 aliphatic rings. The van der Waals surface area contributed by atoms with Gasteiger partial charge in [-0.3, -0.25) is 4.98 Å². The van der Waals surface area contributed by atoms with Crippen LogP contribution < -0.4 is 11.1 Å². The third-order valence-electron chi connectivity index (χ3n) is 2.08. The summed E-state index contributed by atoms with van der Waals surface area (Å²) in [6.07, 6.45) is 3.52. The Bertz CT molecular complexity index is 439. The van der Waals surface area contributed by atoms with Gasteiger partial charge in [-0.05, 0) is 18.6 Å². The highest BCUT2D eigenvalue weighted by Crippen LogP contribution is 2.14. The van der Waals surface area contributed by atoms with Gasteiger partial charge in [-0.15, -0.1) is 11.3 Å². The van der Waals surface area contributed by atoms with Crippen LogP contribution in [0, 0.1) is 6.92 Å². The van der Waals surface area contributed by atoms with Crippen molar-refractivity contribution in [2.24, 2.45) is 0 Å². The predicted molar refractivity (Wildman–Crippen MR) is 62.8 cm³/mol. The Kier molecular flexibility index (Phi) is 2.82. The summed E-state index contributed by atoms with van der Waals surface area (Å²) in [5.74, 6) is 0.843. The Labute approximate surface area is 92.2 Å². The first kappa shape index (κ1) is 9.92. The quantitative estimate of drug-likeness (QED) is 0.830. The third kappa shape index (κ3) is 2.44. The minimum atomic E-state index is 0.721. The number of anilines is 2. The van der Waals surface area contributed by atoms with E-state index in [2.05, 4.69) is 15.3 Å². The Morgan fingerprint density at radius 3 is 3.00 bits per heavy atom. The number of aryl methyl sites for hydroxylation is 1. The van der Waals surface area contributed by atoms with Crippen LogP contribution in [0.2, 0.25) is 0 Å². The first-order chi connectivity index (χ1) is 7.25. The first-order valence-electron chi connectivity index (χ1n) is 4.59. The van der Waals surface area contributed by atoms with E-state index in [-0.39, 0.29) is 0 Å². The molecule has 0 saturated heterocycles. The van der Waals surface area contributed by atoms with Gasteiger partial charge >= 0.3 is 0 Å². The third-order valence-corrected chi connectivity index (χ3v) is 2.86. The molecular weight excluding hydrogens is 208 g/mol. The minimum absolute atomic E-state index is 0.721. The van der Waals surface area contributed by atoms with Crippen LogP contribution in [0.1, 0.15) is 10.4 Å². The molecule has 5 heteroatoms. The molecule has 4 nitrogen and oxygen atoms in total. The van der Waals surface area contributed by atoms with Crippen LogP contribution in [0.15, 0.2) is 24.0 Å². The topological polar surface area (TPSA) is 63.8 Å². The fourth-order valence-electron chi connectivity index (χ4n) is 1.17. The normalized spacial score (nSPS) is 10.2. The van der Waals surface area contributed by atoms with Gasteiger partial charge < -0.3 is 11.1 Å². The number of rotatable bonds is 3. The highest BCUT2D eigenvalue weighted by atomic mass is 32.1. The van der Waals surface area contributed by atoms with Gasteiger partial charge in [-0.2, -0.15) is 0 Å². The van der Waals surface area contributed by atoms with Gasteiger partial charge in [0.1, 0.15) is 5.82 Å². The van der Waals surface area contributed by atoms with Crippen LogP contribution in [0.4, 0.5) is 11.5 Å². The highest BCUT2D eigenvalue weighted by molar-refractivity contribution is 7.09. The summed E-state index contributed by atoms with van der Waals surface area (Å²) in [5.41, 5.74) is 9.26. The second kappa shape index (κ2) is 4.27. The number of aromatic nitrogens is 2. The number of nitrogen functional groups attached to an aromatic ring is 1. The van der Waals surface area contributed by atoms with Crippen molar-refractivity contribution in [1.82, 2.24) is 9.97 Å². The molecule has 0 aliphatic carbocycles. The summed E-state index contributed by atoms with van der Waals surface area (Å²) in [6, 6.07) is 1.94. The van der Waals surface area contributed by atoms with E-state index in [0.29, 0.717) is 0 Å². The predicted octanol–water partition coefficient (Wildman–Crippen LogP) is 2.04. The zero-order valence-electron chi connectivity index (χ0n) is 8.40. The molecule has 78 valence electrons. The number of thiazole rings is 1. The lowest BCUT2D eigenvalue weighted by Crippen LogP contribution is -2.01. The van der Waals surface area contributed by atoms with Gasteiger partial charge in [0.15, 0.2) is 0 Å². The molecule has 0 saturated carbocycles. The zero-order valence-corrected chi connectivity index (χ0v) is 9.21. The maximum atomic E-state index is 5.68. The Balaban J connectivity index is 2.02. The summed E-state index contributed by atoms with van der Waals surface area (Å²) in [6.45, 7) is 2.72. The number of hydrogen-bond acceptors (Lipinski definition) is 5. The highest BCUT2D eigenvalue weighted by Gasteiger charge is 1.99. The lowest BCUT2D eigenvalue weighted by Gasteiger charge is -2.05. The van der Waals surface area contributed by atoms with Crippen molar-refractivity contribution in [3.05, 3.63) is 34.4 Å². The number of pyridine rings is 1. The van der Waals surface area contributed by atoms with Crippen LogP contribution >= 0.6 is 11.3 Å². The van der Waals surface area contributed by atoms with Gasteiger partial charge in [0.2, 0.25) is 0 Å². The Hall–Kier alpha value is -1.62. The van der Waals surface area contributed by atoms with Crippen molar-refractivity contribution >= 4 is 22.8 Å². The monoisotopic (exact) mass is 220 g/mol. The van der Waals surface area contributed by atoms with Gasteiger partial charge in [-0.1, -0.05) is 0 Å². The van der Waals surface area contributed by atoms with Crippen molar-refractivity contribution in [1.29, 1.82) is 0 Å². The Morgan fingerprint density at radius 1 is 1.47 bits per heavy atom. The molecule has 15 heavy (non-hydrogen) atoms. The molecule has 3 N–H and O–H groups in total. The van der Waals surface area contributed by atoms with E-state index >= 15 is 0 Å². The summed E-state index contributed by atoms with van der Waals surface area (Å²) in [7, 11) is 0. The zero-order chi connectivity index (χ0) is 10.7. The van der Waals surface area contributed by atoms with Crippen molar-refractivity contribution in [3.63, 3.8) is 0 Å². The van der Waals surface area contributed by atoms with E-state index in [1.54, 1.807) is 17.5 Å². The molecular formula is C10H12N4S. The number of nitrogens with zero attached hydrogens (tertiary/aromatic N) is 2. The minimum Gasteiger partial charge on any atom is -0.397 e. The van der Waals surface area contributed by atoms with Gasteiger partial charge in [0.25, 0.3) is 0 Å². The van der Waals surface area contributed by atoms with E-state index in [9.17, 15) is 0 Å². The van der Waals surface area contributed by atoms with Gasteiger partial charge in [0, 0.05) is 11.1 Å². The van der Waals surface area contributed by atoms with Crippen LogP contribution in [0.3, 0.4) is 0 Å².